The van der Waals surface area contributed by atoms with Crippen molar-refractivity contribution >= 4 is 49.4 Å². The summed E-state index contributed by atoms with van der Waals surface area (Å²) in [6.07, 6.45) is 1.78. The number of fused-ring (bicyclic) bond motifs is 1. The van der Waals surface area contributed by atoms with E-state index >= 15 is 0 Å². The molecule has 2 aliphatic rings. The summed E-state index contributed by atoms with van der Waals surface area (Å²) in [5, 5.41) is 14.0. The molecule has 2 atom stereocenters. The maximum absolute atomic E-state index is 13.9. The molecule has 174 valence electrons. The largest absolute Gasteiger partial charge is 0.483 e. The van der Waals surface area contributed by atoms with Crippen LogP contribution in [0.5, 0.6) is 5.75 Å². The number of nitrogens with one attached hydrogen (secondary N) is 1. The monoisotopic (exact) mass is 492 g/mol. The topological polar surface area (TPSA) is 106 Å². The number of anilines is 2. The number of nitrogens with zero attached hydrogens (tertiary/aromatic N) is 3. The second-order valence-electron chi connectivity index (χ2n) is 8.05. The van der Waals surface area contributed by atoms with Crippen molar-refractivity contribution in [1.82, 2.24) is 9.97 Å². The first-order valence-corrected chi connectivity index (χ1v) is 12.8. The van der Waals surface area contributed by atoms with Crippen molar-refractivity contribution in [3.05, 3.63) is 47.5 Å². The molecule has 0 unspecified atom stereocenters. The van der Waals surface area contributed by atoms with Gasteiger partial charge in [-0.25, -0.2) is 18.6 Å². The lowest BCUT2D eigenvalue weighted by Crippen LogP contribution is -2.30. The van der Waals surface area contributed by atoms with Gasteiger partial charge < -0.3 is 19.9 Å². The number of hydrogen-bond donors (Lipinski definition) is 2. The highest BCUT2D eigenvalue weighted by molar-refractivity contribution is 7.93. The number of hydrogen-bond acceptors (Lipinski definition) is 8. The predicted octanol–water partition coefficient (Wildman–Crippen LogP) is 4.20. The summed E-state index contributed by atoms with van der Waals surface area (Å²) in [6, 6.07) is 7.41. The van der Waals surface area contributed by atoms with Crippen LogP contribution in [-0.4, -0.2) is 56.2 Å². The average Bonchev–Trinajstić information content (AvgIpc) is 3.38. The molecule has 33 heavy (non-hydrogen) atoms. The molecule has 0 amide bonds. The lowest BCUT2D eigenvalue weighted by molar-refractivity contribution is 0.0736. The van der Waals surface area contributed by atoms with E-state index in [2.05, 4.69) is 19.6 Å². The molecule has 0 saturated carbocycles. The van der Waals surface area contributed by atoms with Crippen LogP contribution in [0.25, 0.3) is 10.9 Å². The van der Waals surface area contributed by atoms with Gasteiger partial charge in [0.15, 0.2) is 6.10 Å². The van der Waals surface area contributed by atoms with Crippen molar-refractivity contribution in [2.45, 2.75) is 25.0 Å². The molecule has 5 rings (SSSR count). The molecule has 2 N–H and O–H groups in total. The van der Waals surface area contributed by atoms with Crippen molar-refractivity contribution < 1.29 is 23.2 Å². The minimum Gasteiger partial charge on any atom is -0.483 e. The second kappa shape index (κ2) is 9.02. The fourth-order valence-corrected chi connectivity index (χ4v) is 6.42. The van der Waals surface area contributed by atoms with E-state index in [0.29, 0.717) is 44.6 Å². The SMILES string of the molecule is O=S1(=Nc2cc(Cl)c3c(Nc4ccc(F)cc4O[C@@H]4COC[C@H]4O)ncnc3c2)CCCC1. The van der Waals surface area contributed by atoms with Crippen LogP contribution >= 0.6 is 11.6 Å². The van der Waals surface area contributed by atoms with Crippen molar-refractivity contribution in [3.63, 3.8) is 0 Å². The molecule has 2 aliphatic heterocycles. The first kappa shape index (κ1) is 22.3. The quantitative estimate of drug-likeness (QED) is 0.549. The molecule has 8 nitrogen and oxygen atoms in total. The van der Waals surface area contributed by atoms with E-state index in [-0.39, 0.29) is 19.0 Å². The third-order valence-corrected chi connectivity index (χ3v) is 8.29. The van der Waals surface area contributed by atoms with Crippen LogP contribution in [0.4, 0.5) is 21.6 Å². The number of rotatable bonds is 5. The molecule has 0 spiro atoms. The number of aliphatic hydroxyl groups is 1. The standard InChI is InChI=1S/C22H22ClFN4O4S/c23-15-8-14(28-33(30)5-1-2-6-33)9-17-21(15)22(26-12-25-17)27-16-4-3-13(24)7-19(16)32-20-11-31-10-18(20)29/h3-4,7-9,12,18,20,29H,1-2,5-6,10-11H2,(H,25,26,27)/t18-,20-/m1/s1. The van der Waals surface area contributed by atoms with E-state index in [1.165, 1.54) is 24.5 Å². The van der Waals surface area contributed by atoms with E-state index < -0.39 is 27.8 Å². The number of aromatic nitrogens is 2. The van der Waals surface area contributed by atoms with Crippen molar-refractivity contribution in [2.75, 3.05) is 30.0 Å². The summed E-state index contributed by atoms with van der Waals surface area (Å²) >= 11 is 6.57. The highest BCUT2D eigenvalue weighted by atomic mass is 35.5. The average molecular weight is 493 g/mol. The zero-order valence-electron chi connectivity index (χ0n) is 17.5. The minimum absolute atomic E-state index is 0.161. The molecule has 0 bridgehead atoms. The molecule has 2 saturated heterocycles. The fraction of sp³-hybridized carbons (Fsp3) is 0.364. The maximum atomic E-state index is 13.9. The molecule has 11 heteroatoms. The van der Waals surface area contributed by atoms with Gasteiger partial charge in [-0.3, -0.25) is 0 Å². The van der Waals surface area contributed by atoms with Gasteiger partial charge in [-0.1, -0.05) is 11.6 Å². The summed E-state index contributed by atoms with van der Waals surface area (Å²) in [7, 11) is -2.25. The third-order valence-electron chi connectivity index (χ3n) is 5.60. The normalized spacial score (nSPS) is 21.9. The number of halogens is 2. The molecule has 0 aliphatic carbocycles. The Morgan fingerprint density at radius 2 is 2.03 bits per heavy atom. The number of benzene rings is 2. The van der Waals surface area contributed by atoms with Gasteiger partial charge in [-0.05, 0) is 37.1 Å². The van der Waals surface area contributed by atoms with Gasteiger partial charge in [0.2, 0.25) is 0 Å². The molecule has 0 radical (unpaired) electrons. The summed E-state index contributed by atoms with van der Waals surface area (Å²) < 4.78 is 42.2. The third kappa shape index (κ3) is 4.74. The minimum atomic E-state index is -2.25. The van der Waals surface area contributed by atoms with Gasteiger partial charge in [-0.15, -0.1) is 0 Å². The lowest BCUT2D eigenvalue weighted by atomic mass is 10.2. The molecule has 1 aromatic heterocycles. The van der Waals surface area contributed by atoms with Crippen LogP contribution < -0.4 is 10.1 Å². The van der Waals surface area contributed by atoms with E-state index in [0.717, 1.165) is 12.8 Å². The Kier molecular flexibility index (Phi) is 6.09. The Morgan fingerprint density at radius 3 is 2.79 bits per heavy atom. The van der Waals surface area contributed by atoms with E-state index in [9.17, 15) is 13.7 Å². The molecular formula is C22H22ClFN4O4S. The van der Waals surface area contributed by atoms with Gasteiger partial charge in [0, 0.05) is 17.6 Å². The van der Waals surface area contributed by atoms with Crippen LogP contribution in [0.15, 0.2) is 41.0 Å². The Morgan fingerprint density at radius 1 is 1.21 bits per heavy atom. The Balaban J connectivity index is 1.50. The second-order valence-corrected chi connectivity index (χ2v) is 11.0. The highest BCUT2D eigenvalue weighted by Gasteiger charge is 2.29. The fourth-order valence-electron chi connectivity index (χ4n) is 3.94. The Labute approximate surface area is 195 Å². The van der Waals surface area contributed by atoms with Crippen LogP contribution in [0.3, 0.4) is 0 Å². The first-order chi connectivity index (χ1) is 15.9. The van der Waals surface area contributed by atoms with Gasteiger partial charge >= 0.3 is 0 Å². The Hall–Kier alpha value is -2.53. The van der Waals surface area contributed by atoms with Crippen molar-refractivity contribution in [2.24, 2.45) is 4.36 Å². The number of aliphatic hydroxyl groups excluding tert-OH is 1. The van der Waals surface area contributed by atoms with Crippen molar-refractivity contribution in [1.29, 1.82) is 0 Å². The predicted molar refractivity (Wildman–Crippen MR) is 125 cm³/mol. The highest BCUT2D eigenvalue weighted by Crippen LogP contribution is 2.37. The van der Waals surface area contributed by atoms with Gasteiger partial charge in [0.1, 0.15) is 29.8 Å². The molecule has 2 fully saturated rings. The smallest absolute Gasteiger partial charge is 0.150 e. The van der Waals surface area contributed by atoms with Crippen LogP contribution in [0.2, 0.25) is 5.02 Å². The summed E-state index contributed by atoms with van der Waals surface area (Å²) in [6.45, 7) is 0.365. The molecule has 3 heterocycles. The van der Waals surface area contributed by atoms with Gasteiger partial charge in [-0.2, -0.15) is 4.36 Å². The first-order valence-electron chi connectivity index (χ1n) is 10.6. The zero-order chi connectivity index (χ0) is 23.0. The molecule has 2 aromatic carbocycles. The van der Waals surface area contributed by atoms with E-state index in [1.54, 1.807) is 12.1 Å². The summed E-state index contributed by atoms with van der Waals surface area (Å²) in [5.41, 5.74) is 1.49. The van der Waals surface area contributed by atoms with Gasteiger partial charge in [0.25, 0.3) is 0 Å². The van der Waals surface area contributed by atoms with Crippen LogP contribution in [-0.2, 0) is 14.5 Å². The van der Waals surface area contributed by atoms with Crippen LogP contribution in [0, 0.1) is 5.82 Å². The maximum Gasteiger partial charge on any atom is 0.150 e. The van der Waals surface area contributed by atoms with Gasteiger partial charge in [0.05, 0.1) is 50.2 Å². The Bertz CT molecular complexity index is 1320. The summed E-state index contributed by atoms with van der Waals surface area (Å²) in [4.78, 5) is 8.61. The zero-order valence-corrected chi connectivity index (χ0v) is 19.1. The summed E-state index contributed by atoms with van der Waals surface area (Å²) in [5.74, 6) is 1.29. The molecular weight excluding hydrogens is 471 g/mol. The van der Waals surface area contributed by atoms with E-state index in [4.69, 9.17) is 21.1 Å². The lowest BCUT2D eigenvalue weighted by Gasteiger charge is -2.19. The molecule has 3 aromatic rings. The van der Waals surface area contributed by atoms with Crippen molar-refractivity contribution in [3.8, 4) is 5.75 Å². The van der Waals surface area contributed by atoms with E-state index in [1.807, 2.05) is 0 Å². The van der Waals surface area contributed by atoms with Crippen LogP contribution in [0.1, 0.15) is 12.8 Å². The number of ether oxygens (including phenoxy) is 2.